The second-order valence-corrected chi connectivity index (χ2v) is 6.28. The Balaban J connectivity index is 1.62. The molecule has 3 aromatic rings. The largest absolute Gasteiger partial charge is 0.449 e. The lowest BCUT2D eigenvalue weighted by atomic mass is 10.1. The third-order valence-electron chi connectivity index (χ3n) is 4.20. The van der Waals surface area contributed by atoms with Crippen LogP contribution < -0.4 is 5.32 Å². The predicted octanol–water partition coefficient (Wildman–Crippen LogP) is 4.33. The quantitative estimate of drug-likeness (QED) is 0.292. The number of hydrogen-bond acceptors (Lipinski definition) is 5. The van der Waals surface area contributed by atoms with E-state index in [4.69, 9.17) is 4.74 Å². The number of ether oxygens (including phenoxy) is 1. The molecule has 0 saturated heterocycles. The molecule has 0 bridgehead atoms. The fourth-order valence-electron chi connectivity index (χ4n) is 2.74. The fraction of sp³-hybridized carbons (Fsp3) is 0.0909. The van der Waals surface area contributed by atoms with E-state index in [2.05, 4.69) is 5.32 Å². The minimum Gasteiger partial charge on any atom is -0.449 e. The number of non-ortho nitro benzene ring substituents is 1. The van der Waals surface area contributed by atoms with Gasteiger partial charge in [0.05, 0.1) is 4.92 Å². The third kappa shape index (κ3) is 5.04. The van der Waals surface area contributed by atoms with Gasteiger partial charge in [0.25, 0.3) is 11.6 Å². The van der Waals surface area contributed by atoms with Crippen LogP contribution in [0.25, 0.3) is 16.8 Å². The molecule has 0 heterocycles. The predicted molar refractivity (Wildman–Crippen MR) is 110 cm³/mol. The van der Waals surface area contributed by atoms with E-state index in [1.54, 1.807) is 12.1 Å². The summed E-state index contributed by atoms with van der Waals surface area (Å²) in [7, 11) is 0. The Hall–Kier alpha value is -4.00. The van der Waals surface area contributed by atoms with Gasteiger partial charge in [-0.25, -0.2) is 4.79 Å². The molecule has 3 aromatic carbocycles. The van der Waals surface area contributed by atoms with Gasteiger partial charge < -0.3 is 10.1 Å². The first kappa shape index (κ1) is 19.8. The minimum absolute atomic E-state index is 0.0802. The molecule has 7 heteroatoms. The van der Waals surface area contributed by atoms with Crippen LogP contribution >= 0.6 is 0 Å². The number of hydrogen-bond donors (Lipinski definition) is 1. The third-order valence-corrected chi connectivity index (χ3v) is 4.20. The number of anilines is 1. The van der Waals surface area contributed by atoms with E-state index in [0.29, 0.717) is 11.3 Å². The van der Waals surface area contributed by atoms with Crippen LogP contribution in [0.2, 0.25) is 0 Å². The maximum atomic E-state index is 12.4. The number of nitro groups is 1. The van der Waals surface area contributed by atoms with E-state index in [-0.39, 0.29) is 5.69 Å². The number of esters is 1. The smallest absolute Gasteiger partial charge is 0.331 e. The molecule has 0 unspecified atom stereocenters. The number of nitrogens with one attached hydrogen (secondary N) is 1. The van der Waals surface area contributed by atoms with Gasteiger partial charge in [0, 0.05) is 29.3 Å². The number of carbonyl (C=O) groups excluding carboxylic acids is 2. The van der Waals surface area contributed by atoms with Crippen LogP contribution in [0.15, 0.2) is 72.8 Å². The number of nitro benzene ring substituents is 1. The molecule has 0 fully saturated rings. The van der Waals surface area contributed by atoms with Crippen LogP contribution in [0.5, 0.6) is 0 Å². The minimum atomic E-state index is -1.02. The summed E-state index contributed by atoms with van der Waals surface area (Å²) < 4.78 is 5.12. The van der Waals surface area contributed by atoms with Crippen molar-refractivity contribution in [1.29, 1.82) is 0 Å². The van der Waals surface area contributed by atoms with Crippen molar-refractivity contribution in [3.8, 4) is 0 Å². The first-order valence-electron chi connectivity index (χ1n) is 8.86. The Kier molecular flexibility index (Phi) is 5.99. The summed E-state index contributed by atoms with van der Waals surface area (Å²) in [5.41, 5.74) is 1.02. The Bertz CT molecular complexity index is 1100. The van der Waals surface area contributed by atoms with Crippen molar-refractivity contribution in [3.05, 3.63) is 88.5 Å². The highest BCUT2D eigenvalue weighted by molar-refractivity contribution is 6.04. The number of nitrogens with zero attached hydrogens (tertiary/aromatic N) is 1. The zero-order valence-corrected chi connectivity index (χ0v) is 15.6. The molecular weight excluding hydrogens is 372 g/mol. The van der Waals surface area contributed by atoms with Crippen molar-refractivity contribution in [2.75, 3.05) is 5.32 Å². The number of carbonyl (C=O) groups is 2. The van der Waals surface area contributed by atoms with Crippen LogP contribution in [0.3, 0.4) is 0 Å². The molecule has 0 saturated carbocycles. The van der Waals surface area contributed by atoms with E-state index < -0.39 is 22.9 Å². The number of benzene rings is 3. The van der Waals surface area contributed by atoms with Crippen LogP contribution in [-0.4, -0.2) is 22.9 Å². The molecule has 0 aliphatic heterocycles. The Morgan fingerprint density at radius 3 is 2.59 bits per heavy atom. The Labute approximate surface area is 166 Å². The van der Waals surface area contributed by atoms with E-state index in [0.717, 1.165) is 16.8 Å². The lowest BCUT2D eigenvalue weighted by Crippen LogP contribution is -2.29. The van der Waals surface area contributed by atoms with Gasteiger partial charge in [0.15, 0.2) is 6.10 Å². The van der Waals surface area contributed by atoms with Crippen LogP contribution in [0.4, 0.5) is 11.4 Å². The molecule has 7 nitrogen and oxygen atoms in total. The van der Waals surface area contributed by atoms with E-state index in [1.165, 1.54) is 31.2 Å². The van der Waals surface area contributed by atoms with Crippen molar-refractivity contribution < 1.29 is 19.2 Å². The molecule has 0 aromatic heterocycles. The van der Waals surface area contributed by atoms with E-state index in [1.807, 2.05) is 36.4 Å². The van der Waals surface area contributed by atoms with E-state index in [9.17, 15) is 19.7 Å². The summed E-state index contributed by atoms with van der Waals surface area (Å²) >= 11 is 0. The first-order chi connectivity index (χ1) is 13.9. The van der Waals surface area contributed by atoms with Gasteiger partial charge in [0.1, 0.15) is 0 Å². The molecule has 29 heavy (non-hydrogen) atoms. The summed E-state index contributed by atoms with van der Waals surface area (Å²) in [6, 6.07) is 19.0. The monoisotopic (exact) mass is 390 g/mol. The molecule has 3 rings (SSSR count). The van der Waals surface area contributed by atoms with Gasteiger partial charge in [-0.1, -0.05) is 48.5 Å². The lowest BCUT2D eigenvalue weighted by molar-refractivity contribution is -0.384. The van der Waals surface area contributed by atoms with E-state index >= 15 is 0 Å². The van der Waals surface area contributed by atoms with Crippen molar-refractivity contribution in [3.63, 3.8) is 0 Å². The second-order valence-electron chi connectivity index (χ2n) is 6.28. The van der Waals surface area contributed by atoms with Crippen molar-refractivity contribution in [1.82, 2.24) is 0 Å². The molecule has 0 aliphatic rings. The molecule has 1 N–H and O–H groups in total. The SMILES string of the molecule is C[C@@H](OC(=O)/C=C/c1cccc([N+](=O)[O-])c1)C(=O)Nc1cccc2ccccc12. The summed E-state index contributed by atoms with van der Waals surface area (Å²) in [6.07, 6.45) is 1.50. The Morgan fingerprint density at radius 2 is 1.79 bits per heavy atom. The highest BCUT2D eigenvalue weighted by Gasteiger charge is 2.17. The van der Waals surface area contributed by atoms with Crippen molar-refractivity contribution >= 4 is 40.1 Å². The van der Waals surface area contributed by atoms with Gasteiger partial charge >= 0.3 is 5.97 Å². The summed E-state index contributed by atoms with van der Waals surface area (Å²) in [6.45, 7) is 1.47. The molecule has 0 radical (unpaired) electrons. The standard InChI is InChI=1S/C22H18N2O5/c1-15(22(26)23-20-11-5-8-17-7-2-3-10-19(17)20)29-21(25)13-12-16-6-4-9-18(14-16)24(27)28/h2-15H,1H3,(H,23,26)/b13-12+/t15-/m1/s1. The summed E-state index contributed by atoms with van der Waals surface area (Å²) in [5, 5.41) is 15.4. The molecule has 0 spiro atoms. The zero-order valence-electron chi connectivity index (χ0n) is 15.6. The van der Waals surface area contributed by atoms with Gasteiger partial charge in [0.2, 0.25) is 0 Å². The highest BCUT2D eigenvalue weighted by Crippen LogP contribution is 2.23. The number of rotatable bonds is 6. The number of fused-ring (bicyclic) bond motifs is 1. The maximum absolute atomic E-state index is 12.4. The van der Waals surface area contributed by atoms with Crippen LogP contribution in [0.1, 0.15) is 12.5 Å². The van der Waals surface area contributed by atoms with Gasteiger partial charge in [-0.3, -0.25) is 14.9 Å². The fourth-order valence-corrected chi connectivity index (χ4v) is 2.74. The lowest BCUT2D eigenvalue weighted by Gasteiger charge is -2.13. The maximum Gasteiger partial charge on any atom is 0.331 e. The van der Waals surface area contributed by atoms with Crippen molar-refractivity contribution in [2.24, 2.45) is 0 Å². The zero-order chi connectivity index (χ0) is 20.8. The normalized spacial score (nSPS) is 11.9. The second kappa shape index (κ2) is 8.79. The van der Waals surface area contributed by atoms with Gasteiger partial charge in [-0.2, -0.15) is 0 Å². The van der Waals surface area contributed by atoms with Gasteiger partial charge in [-0.05, 0) is 30.0 Å². The van der Waals surface area contributed by atoms with Crippen molar-refractivity contribution in [2.45, 2.75) is 13.0 Å². The number of amides is 1. The topological polar surface area (TPSA) is 98.5 Å². The molecule has 1 atom stereocenters. The average Bonchev–Trinajstić information content (AvgIpc) is 2.72. The first-order valence-corrected chi connectivity index (χ1v) is 8.86. The molecule has 146 valence electrons. The van der Waals surface area contributed by atoms with Crippen LogP contribution in [0, 0.1) is 10.1 Å². The molecular formula is C22H18N2O5. The van der Waals surface area contributed by atoms with Gasteiger partial charge in [-0.15, -0.1) is 0 Å². The van der Waals surface area contributed by atoms with Crippen LogP contribution in [-0.2, 0) is 14.3 Å². The molecule has 0 aliphatic carbocycles. The molecule has 1 amide bonds. The summed E-state index contributed by atoms with van der Waals surface area (Å²) in [5.74, 6) is -1.18. The average molecular weight is 390 g/mol. The summed E-state index contributed by atoms with van der Waals surface area (Å²) in [4.78, 5) is 34.7. The highest BCUT2D eigenvalue weighted by atomic mass is 16.6. The Morgan fingerprint density at radius 1 is 1.07 bits per heavy atom.